The quantitative estimate of drug-likeness (QED) is 0.170. The minimum atomic E-state index is -1.03. The maximum Gasteiger partial charge on any atom is 0.335 e. The molecule has 1 heterocycles. The van der Waals surface area contributed by atoms with E-state index in [0.29, 0.717) is 49.4 Å². The normalized spacial score (nSPS) is 15.2. The van der Waals surface area contributed by atoms with Gasteiger partial charge in [-0.3, -0.25) is 19.8 Å². The van der Waals surface area contributed by atoms with Gasteiger partial charge in [0.1, 0.15) is 6.61 Å². The Kier molecular flexibility index (Phi) is 8.67. The van der Waals surface area contributed by atoms with Crippen LogP contribution in [0.2, 0.25) is 0 Å². The third-order valence-electron chi connectivity index (χ3n) is 5.60. The molecule has 200 valence electrons. The van der Waals surface area contributed by atoms with Crippen molar-refractivity contribution in [1.82, 2.24) is 4.90 Å². The van der Waals surface area contributed by atoms with E-state index >= 15 is 0 Å². The lowest BCUT2D eigenvalue weighted by atomic mass is 10.1. The number of likely N-dealkylation sites (N-methyl/N-ethyl adjacent to an activating group) is 1. The van der Waals surface area contributed by atoms with E-state index in [-0.39, 0.29) is 23.8 Å². The van der Waals surface area contributed by atoms with Crippen molar-refractivity contribution in [3.8, 4) is 11.5 Å². The molecule has 1 fully saturated rings. The molecule has 3 aromatic rings. The van der Waals surface area contributed by atoms with E-state index in [1.165, 1.54) is 43.1 Å². The number of non-ortho nitro benzene ring substituents is 1. The van der Waals surface area contributed by atoms with Crippen LogP contribution in [0.3, 0.4) is 0 Å². The Morgan fingerprint density at radius 3 is 2.59 bits per heavy atom. The van der Waals surface area contributed by atoms with Crippen molar-refractivity contribution in [2.45, 2.75) is 13.5 Å². The van der Waals surface area contributed by atoms with Crippen molar-refractivity contribution in [1.29, 1.82) is 0 Å². The minimum absolute atomic E-state index is 0.0239. The SMILES string of the molecule is CCN1C(=O)C(=Cc2cc(Br)c(OCc3cccc([N+](=O)[O-])c3)c(OC)c2)SC1=Nc1ccc(C(=O)O)cc1. The summed E-state index contributed by atoms with van der Waals surface area (Å²) in [6.45, 7) is 2.34. The number of amidine groups is 1. The first-order chi connectivity index (χ1) is 18.7. The summed E-state index contributed by atoms with van der Waals surface area (Å²) in [5.41, 5.74) is 1.97. The molecule has 0 saturated carbocycles. The number of methoxy groups -OCH3 is 1. The zero-order valence-electron chi connectivity index (χ0n) is 20.8. The van der Waals surface area contributed by atoms with E-state index in [1.807, 2.05) is 6.92 Å². The maximum atomic E-state index is 13.1. The zero-order valence-corrected chi connectivity index (χ0v) is 23.2. The Labute approximate surface area is 236 Å². The van der Waals surface area contributed by atoms with Crippen molar-refractivity contribution in [3.05, 3.63) is 96.8 Å². The van der Waals surface area contributed by atoms with Crippen LogP contribution in [0.5, 0.6) is 11.5 Å². The molecule has 1 aliphatic rings. The smallest absolute Gasteiger partial charge is 0.335 e. The molecule has 3 aromatic carbocycles. The molecule has 0 bridgehead atoms. The van der Waals surface area contributed by atoms with Crippen LogP contribution in [0.25, 0.3) is 6.08 Å². The van der Waals surface area contributed by atoms with E-state index in [9.17, 15) is 19.7 Å². The lowest BCUT2D eigenvalue weighted by Crippen LogP contribution is -2.28. The van der Waals surface area contributed by atoms with Crippen LogP contribution >= 0.6 is 27.7 Å². The van der Waals surface area contributed by atoms with Crippen molar-refractivity contribution in [3.63, 3.8) is 0 Å². The van der Waals surface area contributed by atoms with Gasteiger partial charge in [0, 0.05) is 18.7 Å². The van der Waals surface area contributed by atoms with E-state index in [1.54, 1.807) is 47.4 Å². The van der Waals surface area contributed by atoms with Gasteiger partial charge < -0.3 is 14.6 Å². The zero-order chi connectivity index (χ0) is 28.1. The molecular weight excluding hydrogens is 590 g/mol. The number of aliphatic imine (C=N–C) groups is 1. The summed E-state index contributed by atoms with van der Waals surface area (Å²) in [6, 6.07) is 15.8. The number of rotatable bonds is 9. The number of carboxylic acids is 1. The first kappa shape index (κ1) is 27.9. The Hall–Kier alpha value is -4.16. The highest BCUT2D eigenvalue weighted by Crippen LogP contribution is 2.40. The molecule has 0 aromatic heterocycles. The third-order valence-corrected chi connectivity index (χ3v) is 7.19. The minimum Gasteiger partial charge on any atom is -0.493 e. The Bertz CT molecular complexity index is 1510. The first-order valence-corrected chi connectivity index (χ1v) is 13.2. The molecule has 0 aliphatic carbocycles. The van der Waals surface area contributed by atoms with Crippen LogP contribution in [0.4, 0.5) is 11.4 Å². The summed E-state index contributed by atoms with van der Waals surface area (Å²) < 4.78 is 12.0. The van der Waals surface area contributed by atoms with Gasteiger partial charge in [-0.2, -0.15) is 0 Å². The van der Waals surface area contributed by atoms with Crippen LogP contribution in [0, 0.1) is 10.1 Å². The number of carbonyl (C=O) groups is 2. The van der Waals surface area contributed by atoms with E-state index in [4.69, 9.17) is 14.6 Å². The molecule has 12 heteroatoms. The highest BCUT2D eigenvalue weighted by molar-refractivity contribution is 9.10. The fraction of sp³-hybridized carbons (Fsp3) is 0.148. The molecule has 1 saturated heterocycles. The molecule has 4 rings (SSSR count). The maximum absolute atomic E-state index is 13.1. The highest BCUT2D eigenvalue weighted by Gasteiger charge is 2.32. The number of nitro groups is 1. The van der Waals surface area contributed by atoms with Crippen molar-refractivity contribution in [2.75, 3.05) is 13.7 Å². The molecule has 1 amide bonds. The predicted molar refractivity (Wildman–Crippen MR) is 152 cm³/mol. The van der Waals surface area contributed by atoms with Crippen LogP contribution in [0.1, 0.15) is 28.4 Å². The van der Waals surface area contributed by atoms with Crippen molar-refractivity contribution < 1.29 is 29.1 Å². The van der Waals surface area contributed by atoms with Gasteiger partial charge in [-0.1, -0.05) is 12.1 Å². The number of amides is 1. The van der Waals surface area contributed by atoms with Gasteiger partial charge >= 0.3 is 5.97 Å². The van der Waals surface area contributed by atoms with Crippen LogP contribution in [-0.4, -0.2) is 45.6 Å². The number of nitro benzene ring substituents is 1. The lowest BCUT2D eigenvalue weighted by Gasteiger charge is -2.14. The van der Waals surface area contributed by atoms with Crippen LogP contribution in [0.15, 0.2) is 75.0 Å². The summed E-state index contributed by atoms with van der Waals surface area (Å²) in [6.07, 6.45) is 1.73. The van der Waals surface area contributed by atoms with Gasteiger partial charge in [0.05, 0.1) is 32.7 Å². The van der Waals surface area contributed by atoms with Gasteiger partial charge in [-0.05, 0) is 88.2 Å². The number of aromatic carboxylic acids is 1. The van der Waals surface area contributed by atoms with Crippen molar-refractivity contribution in [2.24, 2.45) is 4.99 Å². The lowest BCUT2D eigenvalue weighted by molar-refractivity contribution is -0.384. The van der Waals surface area contributed by atoms with E-state index in [2.05, 4.69) is 20.9 Å². The average molecular weight is 612 g/mol. The summed E-state index contributed by atoms with van der Waals surface area (Å²) in [5, 5.41) is 20.6. The molecule has 1 N–H and O–H groups in total. The second kappa shape index (κ2) is 12.1. The molecule has 0 atom stereocenters. The first-order valence-electron chi connectivity index (χ1n) is 11.6. The van der Waals surface area contributed by atoms with E-state index < -0.39 is 10.9 Å². The fourth-order valence-electron chi connectivity index (χ4n) is 3.69. The van der Waals surface area contributed by atoms with Crippen LogP contribution < -0.4 is 9.47 Å². The molecule has 0 radical (unpaired) electrons. The Balaban J connectivity index is 1.57. The largest absolute Gasteiger partial charge is 0.493 e. The summed E-state index contributed by atoms with van der Waals surface area (Å²) in [7, 11) is 1.49. The number of carbonyl (C=O) groups excluding carboxylic acids is 1. The molecule has 10 nitrogen and oxygen atoms in total. The summed E-state index contributed by atoms with van der Waals surface area (Å²) in [5.74, 6) is -0.401. The molecular formula is C27H22BrN3O7S. The number of ether oxygens (including phenoxy) is 2. The Morgan fingerprint density at radius 2 is 1.95 bits per heavy atom. The van der Waals surface area contributed by atoms with Crippen molar-refractivity contribution >= 4 is 62.2 Å². The summed E-state index contributed by atoms with van der Waals surface area (Å²) in [4.78, 5) is 41.3. The molecule has 1 aliphatic heterocycles. The molecule has 0 unspecified atom stereocenters. The summed E-state index contributed by atoms with van der Waals surface area (Å²) >= 11 is 4.72. The number of hydrogen-bond donors (Lipinski definition) is 1. The van der Waals surface area contributed by atoms with Gasteiger partial charge in [-0.25, -0.2) is 9.79 Å². The average Bonchev–Trinajstić information content (AvgIpc) is 3.21. The topological polar surface area (TPSA) is 132 Å². The van der Waals surface area contributed by atoms with Gasteiger partial charge in [0.25, 0.3) is 11.6 Å². The monoisotopic (exact) mass is 611 g/mol. The molecule has 0 spiro atoms. The number of benzene rings is 3. The predicted octanol–water partition coefficient (Wildman–Crippen LogP) is 6.27. The van der Waals surface area contributed by atoms with Gasteiger partial charge in [0.2, 0.25) is 0 Å². The Morgan fingerprint density at radius 1 is 1.21 bits per heavy atom. The standard InChI is InChI=1S/C27H22BrN3O7S/c1-3-30-25(32)23(39-27(30)29-19-9-7-18(8-10-19)26(33)34)14-17-12-21(28)24(22(13-17)37-2)38-15-16-5-4-6-20(11-16)31(35)36/h4-14H,3,15H2,1-2H3,(H,33,34). The second-order valence-corrected chi connectivity index (χ2v) is 10.0. The van der Waals surface area contributed by atoms with Crippen LogP contribution in [-0.2, 0) is 11.4 Å². The second-order valence-electron chi connectivity index (χ2n) is 8.16. The number of halogens is 1. The van der Waals surface area contributed by atoms with Gasteiger partial charge in [0.15, 0.2) is 16.7 Å². The number of hydrogen-bond acceptors (Lipinski definition) is 8. The third kappa shape index (κ3) is 6.47. The number of carboxylic acid groups (broad SMARTS) is 1. The van der Waals surface area contributed by atoms with E-state index in [0.717, 1.165) is 0 Å². The highest BCUT2D eigenvalue weighted by atomic mass is 79.9. The number of nitrogens with zero attached hydrogens (tertiary/aromatic N) is 3. The number of thioether (sulfide) groups is 1. The molecule has 39 heavy (non-hydrogen) atoms. The fourth-order valence-corrected chi connectivity index (χ4v) is 5.33. The van der Waals surface area contributed by atoms with Gasteiger partial charge in [-0.15, -0.1) is 0 Å².